The average molecular weight is 431 g/mol. The van der Waals surface area contributed by atoms with Crippen molar-refractivity contribution >= 4 is 22.4 Å². The number of amides is 1. The van der Waals surface area contributed by atoms with E-state index in [1.54, 1.807) is 14.2 Å². The molecule has 1 N–H and O–H groups in total. The minimum atomic E-state index is 0.279. The van der Waals surface area contributed by atoms with Gasteiger partial charge in [-0.1, -0.05) is 36.4 Å². The highest BCUT2D eigenvalue weighted by Gasteiger charge is 2.27. The monoisotopic (exact) mass is 430 g/mol. The minimum absolute atomic E-state index is 0.279. The van der Waals surface area contributed by atoms with Crippen molar-refractivity contribution in [2.45, 2.75) is 32.1 Å². The smallest absolute Gasteiger partial charge is 0.223 e. The molecule has 0 bridgehead atoms. The van der Waals surface area contributed by atoms with Gasteiger partial charge in [-0.25, -0.2) is 0 Å². The molecule has 5 nitrogen and oxygen atoms in total. The zero-order chi connectivity index (χ0) is 22.1. The molecule has 1 atom stereocenters. The van der Waals surface area contributed by atoms with Crippen molar-refractivity contribution < 1.29 is 14.3 Å². The fourth-order valence-corrected chi connectivity index (χ4v) is 5.18. The number of carbonyl (C=O) groups excluding carboxylic acids is 1. The molecule has 5 rings (SSSR count). The Balaban J connectivity index is 1.27. The third kappa shape index (κ3) is 3.88. The fourth-order valence-electron chi connectivity index (χ4n) is 5.18. The summed E-state index contributed by atoms with van der Waals surface area (Å²) in [7, 11) is 3.33. The summed E-state index contributed by atoms with van der Waals surface area (Å²) in [5.41, 5.74) is 6.31. The molecule has 32 heavy (non-hydrogen) atoms. The van der Waals surface area contributed by atoms with Gasteiger partial charge >= 0.3 is 0 Å². The van der Waals surface area contributed by atoms with Gasteiger partial charge in [0.2, 0.25) is 5.91 Å². The summed E-state index contributed by atoms with van der Waals surface area (Å²) in [6, 6.07) is 14.6. The maximum atomic E-state index is 13.1. The number of benzene rings is 2. The number of ether oxygens (including phenoxy) is 2. The van der Waals surface area contributed by atoms with Gasteiger partial charge in [-0.2, -0.15) is 0 Å². The van der Waals surface area contributed by atoms with E-state index in [-0.39, 0.29) is 5.91 Å². The Labute approximate surface area is 189 Å². The van der Waals surface area contributed by atoms with E-state index in [9.17, 15) is 4.79 Å². The third-order valence-corrected chi connectivity index (χ3v) is 6.96. The molecule has 2 heterocycles. The Morgan fingerprint density at radius 3 is 2.59 bits per heavy atom. The van der Waals surface area contributed by atoms with E-state index in [1.807, 2.05) is 17.0 Å². The molecule has 1 aliphatic carbocycles. The van der Waals surface area contributed by atoms with Gasteiger partial charge in [0.1, 0.15) is 0 Å². The third-order valence-electron chi connectivity index (χ3n) is 6.96. The van der Waals surface area contributed by atoms with E-state index in [4.69, 9.17) is 9.47 Å². The highest BCUT2D eigenvalue weighted by Crippen LogP contribution is 2.39. The number of aromatic nitrogens is 1. The number of hydrogen-bond donors (Lipinski definition) is 1. The first-order chi connectivity index (χ1) is 15.7. The molecule has 1 amide bonds. The number of methoxy groups -OCH3 is 2. The first kappa shape index (κ1) is 20.7. The molecule has 2 aromatic carbocycles. The SMILES string of the molecule is COc1cc2[nH]c3c(c2cc1OC)CC(CC(=O)N1CC=C(c2ccccc2)CC1)CC3. The summed E-state index contributed by atoms with van der Waals surface area (Å²) in [5.74, 6) is 2.13. The highest BCUT2D eigenvalue weighted by molar-refractivity contribution is 5.88. The highest BCUT2D eigenvalue weighted by atomic mass is 16.5. The van der Waals surface area contributed by atoms with Gasteiger partial charge in [0, 0.05) is 42.2 Å². The molecule has 0 radical (unpaired) electrons. The quantitative estimate of drug-likeness (QED) is 0.620. The summed E-state index contributed by atoms with van der Waals surface area (Å²) in [6.45, 7) is 1.52. The zero-order valence-electron chi connectivity index (χ0n) is 18.8. The first-order valence-electron chi connectivity index (χ1n) is 11.4. The summed E-state index contributed by atoms with van der Waals surface area (Å²) < 4.78 is 11.0. The Bertz CT molecular complexity index is 1160. The number of nitrogens with one attached hydrogen (secondary N) is 1. The Kier molecular flexibility index (Phi) is 5.64. The van der Waals surface area contributed by atoms with E-state index in [1.165, 1.54) is 27.8 Å². The Morgan fingerprint density at radius 2 is 1.88 bits per heavy atom. The van der Waals surface area contributed by atoms with Crippen LogP contribution in [0.5, 0.6) is 11.5 Å². The maximum Gasteiger partial charge on any atom is 0.223 e. The van der Waals surface area contributed by atoms with Crippen molar-refractivity contribution in [2.75, 3.05) is 27.3 Å². The standard InChI is InChI=1S/C27H30N2O3/c1-31-25-16-22-21-14-18(8-9-23(21)28-24(22)17-26(25)32-2)15-27(30)29-12-10-20(11-13-29)19-6-4-3-5-7-19/h3-7,10,16-18,28H,8-9,11-15H2,1-2H3. The van der Waals surface area contributed by atoms with Gasteiger partial charge < -0.3 is 19.4 Å². The van der Waals surface area contributed by atoms with Crippen LogP contribution in [-0.2, 0) is 17.6 Å². The van der Waals surface area contributed by atoms with E-state index < -0.39 is 0 Å². The number of hydrogen-bond acceptors (Lipinski definition) is 3. The summed E-state index contributed by atoms with van der Waals surface area (Å²) in [4.78, 5) is 18.6. The van der Waals surface area contributed by atoms with E-state index in [2.05, 4.69) is 41.4 Å². The van der Waals surface area contributed by atoms with Crippen molar-refractivity contribution in [3.05, 3.63) is 65.4 Å². The molecule has 0 saturated carbocycles. The predicted octanol–water partition coefficient (Wildman–Crippen LogP) is 5.00. The van der Waals surface area contributed by atoms with Crippen LogP contribution in [0.4, 0.5) is 0 Å². The van der Waals surface area contributed by atoms with Crippen molar-refractivity contribution in [1.29, 1.82) is 0 Å². The Morgan fingerprint density at radius 1 is 1.09 bits per heavy atom. The van der Waals surface area contributed by atoms with Crippen LogP contribution in [0.25, 0.3) is 16.5 Å². The number of aromatic amines is 1. The van der Waals surface area contributed by atoms with Gasteiger partial charge in [0.25, 0.3) is 0 Å². The lowest BCUT2D eigenvalue weighted by atomic mass is 9.84. The number of nitrogens with zero attached hydrogens (tertiary/aromatic N) is 1. The predicted molar refractivity (Wildman–Crippen MR) is 127 cm³/mol. The molecular formula is C27H30N2O3. The van der Waals surface area contributed by atoms with E-state index >= 15 is 0 Å². The molecule has 1 aliphatic heterocycles. The molecule has 0 saturated heterocycles. The number of carbonyl (C=O) groups is 1. The molecule has 166 valence electrons. The minimum Gasteiger partial charge on any atom is -0.493 e. The largest absolute Gasteiger partial charge is 0.493 e. The van der Waals surface area contributed by atoms with Crippen molar-refractivity contribution in [3.63, 3.8) is 0 Å². The average Bonchev–Trinajstić information content (AvgIpc) is 3.20. The second kappa shape index (κ2) is 8.73. The van der Waals surface area contributed by atoms with Crippen LogP contribution >= 0.6 is 0 Å². The first-order valence-corrected chi connectivity index (χ1v) is 11.4. The lowest BCUT2D eigenvalue weighted by Crippen LogP contribution is -2.36. The van der Waals surface area contributed by atoms with Crippen LogP contribution < -0.4 is 9.47 Å². The van der Waals surface area contributed by atoms with E-state index in [0.717, 1.165) is 49.2 Å². The van der Waals surface area contributed by atoms with Crippen LogP contribution in [0.2, 0.25) is 0 Å². The molecule has 1 aromatic heterocycles. The van der Waals surface area contributed by atoms with Gasteiger partial charge in [-0.05, 0) is 54.4 Å². The number of H-pyrrole nitrogens is 1. The van der Waals surface area contributed by atoms with Crippen LogP contribution in [0.3, 0.4) is 0 Å². The van der Waals surface area contributed by atoms with Crippen molar-refractivity contribution in [3.8, 4) is 11.5 Å². The maximum absolute atomic E-state index is 13.1. The second-order valence-corrected chi connectivity index (χ2v) is 8.83. The summed E-state index contributed by atoms with van der Waals surface area (Å²) in [6.07, 6.45) is 6.70. The van der Waals surface area contributed by atoms with Crippen LogP contribution in [0, 0.1) is 5.92 Å². The molecule has 3 aromatic rings. The molecule has 2 aliphatic rings. The summed E-state index contributed by atoms with van der Waals surface area (Å²) in [5, 5.41) is 1.18. The van der Waals surface area contributed by atoms with Gasteiger partial charge in [0.05, 0.1) is 14.2 Å². The molecule has 1 unspecified atom stereocenters. The van der Waals surface area contributed by atoms with Gasteiger partial charge in [0.15, 0.2) is 11.5 Å². The van der Waals surface area contributed by atoms with Crippen LogP contribution in [0.1, 0.15) is 36.1 Å². The lowest BCUT2D eigenvalue weighted by Gasteiger charge is -2.29. The van der Waals surface area contributed by atoms with Gasteiger partial charge in [-0.15, -0.1) is 0 Å². The van der Waals surface area contributed by atoms with Gasteiger partial charge in [-0.3, -0.25) is 4.79 Å². The molecular weight excluding hydrogens is 400 g/mol. The normalized spacial score (nSPS) is 18.2. The lowest BCUT2D eigenvalue weighted by molar-refractivity contribution is -0.131. The molecule has 0 fully saturated rings. The molecule has 0 spiro atoms. The molecule has 5 heteroatoms. The van der Waals surface area contributed by atoms with Crippen LogP contribution in [-0.4, -0.2) is 43.1 Å². The zero-order valence-corrected chi connectivity index (χ0v) is 18.8. The number of aryl methyl sites for hydroxylation is 1. The van der Waals surface area contributed by atoms with Crippen molar-refractivity contribution in [1.82, 2.24) is 9.88 Å². The topological polar surface area (TPSA) is 54.6 Å². The summed E-state index contributed by atoms with van der Waals surface area (Å²) >= 11 is 0. The van der Waals surface area contributed by atoms with E-state index in [0.29, 0.717) is 18.9 Å². The second-order valence-electron chi connectivity index (χ2n) is 8.83. The van der Waals surface area contributed by atoms with Crippen molar-refractivity contribution in [2.24, 2.45) is 5.92 Å². The van der Waals surface area contributed by atoms with Crippen LogP contribution in [0.15, 0.2) is 48.5 Å². The Hall–Kier alpha value is -3.21. The number of rotatable bonds is 5. The fraction of sp³-hybridized carbons (Fsp3) is 0.370. The number of fused-ring (bicyclic) bond motifs is 3.